The quantitative estimate of drug-likeness (QED) is 0.358. The van der Waals surface area contributed by atoms with Crippen molar-refractivity contribution in [3.05, 3.63) is 0 Å². The second kappa shape index (κ2) is 9.43. The van der Waals surface area contributed by atoms with Crippen LogP contribution in [0.15, 0.2) is 0 Å². The van der Waals surface area contributed by atoms with Gasteiger partial charge in [-0.05, 0) is 6.42 Å². The molecule has 0 atom stereocenters. The van der Waals surface area contributed by atoms with E-state index < -0.39 is 0 Å². The molecule has 0 amide bonds. The Morgan fingerprint density at radius 1 is 1.70 bits per heavy atom. The fraction of sp³-hybridized carbons (Fsp3) is 0.833. The van der Waals surface area contributed by atoms with Gasteiger partial charge in [0.05, 0.1) is 0 Å². The second-order valence-corrected chi connectivity index (χ2v) is 1.76. The van der Waals surface area contributed by atoms with Gasteiger partial charge in [0.2, 0.25) is 0 Å². The molecular weight excluding hydrogens is 141 g/mol. The van der Waals surface area contributed by atoms with Crippen molar-refractivity contribution < 1.29 is 40.5 Å². The number of rotatable bonds is 4. The van der Waals surface area contributed by atoms with Gasteiger partial charge in [0.25, 0.3) is 0 Å². The predicted octanol–water partition coefficient (Wildman–Crippen LogP) is -2.60. The smallest absolute Gasteiger partial charge is 1.00 e. The number of ether oxygens (including phenoxy) is 1. The molecule has 0 aromatic carbocycles. The van der Waals surface area contributed by atoms with E-state index in [1.807, 2.05) is 6.92 Å². The van der Waals surface area contributed by atoms with Gasteiger partial charge < -0.3 is 11.9 Å². The largest absolute Gasteiger partial charge is 1.00 e. The van der Waals surface area contributed by atoms with E-state index in [0.29, 0.717) is 19.6 Å². The fourth-order valence-electron chi connectivity index (χ4n) is 0.449. The molecule has 0 aromatic rings. The van der Waals surface area contributed by atoms with E-state index in [-0.39, 0.29) is 37.0 Å². The first-order chi connectivity index (χ1) is 4.31. The molecule has 0 aliphatic carbocycles. The number of nitrogens with two attached hydrogens (primary N) is 1. The van der Waals surface area contributed by atoms with Gasteiger partial charge in [-0.1, -0.05) is 6.92 Å². The van der Waals surface area contributed by atoms with Gasteiger partial charge in [0.1, 0.15) is 6.61 Å². The molecule has 2 N–H and O–H groups in total. The van der Waals surface area contributed by atoms with E-state index >= 15 is 0 Å². The Kier molecular flexibility index (Phi) is 12.3. The van der Waals surface area contributed by atoms with Crippen LogP contribution >= 0.6 is 0 Å². The minimum Gasteiger partial charge on any atom is -1.00 e. The van der Waals surface area contributed by atoms with Crippen LogP contribution in [-0.2, 0) is 9.53 Å². The predicted molar refractivity (Wildman–Crippen MR) is 36.0 cm³/mol. The van der Waals surface area contributed by atoms with E-state index in [0.717, 1.165) is 6.42 Å². The molecule has 0 aromatic heterocycles. The van der Waals surface area contributed by atoms with E-state index in [9.17, 15) is 4.79 Å². The zero-order valence-electron chi connectivity index (χ0n) is 7.72. The van der Waals surface area contributed by atoms with Crippen LogP contribution in [0.5, 0.6) is 0 Å². The molecule has 0 aliphatic rings. The van der Waals surface area contributed by atoms with Gasteiger partial charge in [-0.15, -0.1) is 0 Å². The molecule has 4 heteroatoms. The first-order valence-corrected chi connectivity index (χ1v) is 3.17. The summed E-state index contributed by atoms with van der Waals surface area (Å²) in [6.45, 7) is 2.69. The van der Waals surface area contributed by atoms with Crippen molar-refractivity contribution in [3.63, 3.8) is 0 Å². The van der Waals surface area contributed by atoms with E-state index in [2.05, 4.69) is 4.74 Å². The summed E-state index contributed by atoms with van der Waals surface area (Å²) >= 11 is 0. The third kappa shape index (κ3) is 8.43. The normalized spacial score (nSPS) is 8.20. The fourth-order valence-corrected chi connectivity index (χ4v) is 0.449. The van der Waals surface area contributed by atoms with Gasteiger partial charge in [0.15, 0.2) is 0 Å². The van der Waals surface area contributed by atoms with Crippen molar-refractivity contribution in [2.24, 2.45) is 5.73 Å². The summed E-state index contributed by atoms with van der Waals surface area (Å²) in [6, 6.07) is 0. The number of carbonyl (C=O) groups excluding carboxylic acids is 1. The molecule has 0 aliphatic heterocycles. The molecule has 0 heterocycles. The molecule has 56 valence electrons. The summed E-state index contributed by atoms with van der Waals surface area (Å²) in [5.41, 5.74) is 5.10. The maximum absolute atomic E-state index is 10.5. The average molecular weight is 155 g/mol. The van der Waals surface area contributed by atoms with Crippen molar-refractivity contribution in [1.82, 2.24) is 0 Å². The molecule has 10 heavy (non-hydrogen) atoms. The van der Waals surface area contributed by atoms with Crippen molar-refractivity contribution in [1.29, 1.82) is 0 Å². The number of hydrogen-bond acceptors (Lipinski definition) is 3. The molecule has 0 spiro atoms. The van der Waals surface area contributed by atoms with Crippen molar-refractivity contribution in [3.8, 4) is 0 Å². The molecule has 0 saturated heterocycles. The summed E-state index contributed by atoms with van der Waals surface area (Å²) < 4.78 is 4.67. The summed E-state index contributed by atoms with van der Waals surface area (Å²) in [5, 5.41) is 0. The standard InChI is InChI=1S/C6H13NO2.Na.H/c1-2-3-6(8)9-5-4-7;;/h2-5,7H2,1H3;;/q;+1;-1. The summed E-state index contributed by atoms with van der Waals surface area (Å²) in [5.74, 6) is -0.150. The van der Waals surface area contributed by atoms with Crippen molar-refractivity contribution >= 4 is 5.97 Å². The van der Waals surface area contributed by atoms with Crippen LogP contribution in [-0.4, -0.2) is 19.1 Å². The summed E-state index contributed by atoms with van der Waals surface area (Å²) in [6.07, 6.45) is 1.34. The van der Waals surface area contributed by atoms with Crippen LogP contribution in [0, 0.1) is 0 Å². The summed E-state index contributed by atoms with van der Waals surface area (Å²) in [7, 11) is 0. The molecule has 0 bridgehead atoms. The minimum absolute atomic E-state index is 0. The Bertz CT molecular complexity index is 92.7. The van der Waals surface area contributed by atoms with Crippen LogP contribution in [0.1, 0.15) is 21.2 Å². The number of hydrogen-bond donors (Lipinski definition) is 1. The van der Waals surface area contributed by atoms with Crippen molar-refractivity contribution in [2.75, 3.05) is 13.2 Å². The molecular formula is C6H14NNaO2. The van der Waals surface area contributed by atoms with Gasteiger partial charge in [0, 0.05) is 13.0 Å². The topological polar surface area (TPSA) is 52.3 Å². The van der Waals surface area contributed by atoms with Gasteiger partial charge in [-0.3, -0.25) is 4.79 Å². The Hall–Kier alpha value is 0.430. The van der Waals surface area contributed by atoms with E-state index in [1.54, 1.807) is 0 Å². The SMILES string of the molecule is CCCC(=O)OCCN.[H-].[Na+]. The zero-order valence-corrected chi connectivity index (χ0v) is 8.72. The number of carbonyl (C=O) groups is 1. The average Bonchev–Trinajstić information content (AvgIpc) is 1.85. The molecule has 0 fully saturated rings. The van der Waals surface area contributed by atoms with Gasteiger partial charge >= 0.3 is 35.5 Å². The summed E-state index contributed by atoms with van der Waals surface area (Å²) in [4.78, 5) is 10.5. The molecule has 3 nitrogen and oxygen atoms in total. The second-order valence-electron chi connectivity index (χ2n) is 1.76. The third-order valence-electron chi connectivity index (χ3n) is 0.835. The maximum atomic E-state index is 10.5. The molecule has 0 saturated carbocycles. The zero-order chi connectivity index (χ0) is 7.11. The van der Waals surface area contributed by atoms with Crippen LogP contribution in [0.4, 0.5) is 0 Å². The van der Waals surface area contributed by atoms with Crippen molar-refractivity contribution in [2.45, 2.75) is 19.8 Å². The first kappa shape index (κ1) is 13.1. The molecule has 0 rings (SSSR count). The molecule has 0 radical (unpaired) electrons. The van der Waals surface area contributed by atoms with Crippen LogP contribution in [0.3, 0.4) is 0 Å². The van der Waals surface area contributed by atoms with Crippen LogP contribution < -0.4 is 35.3 Å². The van der Waals surface area contributed by atoms with E-state index in [4.69, 9.17) is 5.73 Å². The van der Waals surface area contributed by atoms with E-state index in [1.165, 1.54) is 0 Å². The van der Waals surface area contributed by atoms with Gasteiger partial charge in [-0.2, -0.15) is 0 Å². The maximum Gasteiger partial charge on any atom is 1.00 e. The minimum atomic E-state index is -0.150. The van der Waals surface area contributed by atoms with Crippen LogP contribution in [0.25, 0.3) is 0 Å². The Morgan fingerprint density at radius 2 is 2.30 bits per heavy atom. The third-order valence-corrected chi connectivity index (χ3v) is 0.835. The molecule has 0 unspecified atom stereocenters. The first-order valence-electron chi connectivity index (χ1n) is 3.17. The van der Waals surface area contributed by atoms with Crippen LogP contribution in [0.2, 0.25) is 0 Å². The monoisotopic (exact) mass is 155 g/mol. The Balaban J connectivity index is -0.000000320. The Morgan fingerprint density at radius 3 is 2.70 bits per heavy atom. The van der Waals surface area contributed by atoms with Gasteiger partial charge in [-0.25, -0.2) is 0 Å². The number of esters is 1. The Labute approximate surface area is 85.1 Å².